The molecule has 4 aromatic carbocycles. The van der Waals surface area contributed by atoms with Crippen LogP contribution in [-0.2, 0) is 26.2 Å². The molecule has 0 saturated heterocycles. The van der Waals surface area contributed by atoms with Gasteiger partial charge in [-0.2, -0.15) is 144 Å². The van der Waals surface area contributed by atoms with Crippen LogP contribution in [0, 0.1) is 52.0 Å². The predicted molar refractivity (Wildman–Crippen MR) is 120 cm³/mol. The van der Waals surface area contributed by atoms with Crippen LogP contribution in [0.5, 0.6) is 0 Å². The Morgan fingerprint density at radius 2 is 0.586 bits per heavy atom. The van der Waals surface area contributed by atoms with E-state index < -0.39 is 0 Å². The van der Waals surface area contributed by atoms with Gasteiger partial charge in [0.15, 0.2) is 0 Å². The topological polar surface area (TPSA) is 0 Å². The first-order chi connectivity index (χ1) is 13.6. The van der Waals surface area contributed by atoms with Crippen molar-refractivity contribution in [2.75, 3.05) is 0 Å². The summed E-state index contributed by atoms with van der Waals surface area (Å²) in [6.45, 7) is 8.11. The van der Waals surface area contributed by atoms with E-state index in [2.05, 4.69) is 24.3 Å². The van der Waals surface area contributed by atoms with Crippen LogP contribution in [0.2, 0.25) is 0 Å². The zero-order valence-electron chi connectivity index (χ0n) is 17.7. The summed E-state index contributed by atoms with van der Waals surface area (Å²) in [5.41, 5.74) is 4.79. The van der Waals surface area contributed by atoms with E-state index in [-0.39, 0.29) is 26.2 Å². The molecule has 0 heterocycles. The van der Waals surface area contributed by atoms with E-state index in [0.717, 1.165) is 0 Å². The molecule has 0 aliphatic heterocycles. The van der Waals surface area contributed by atoms with Crippen molar-refractivity contribution >= 4 is 0 Å². The molecule has 4 aromatic rings. The third-order valence-electron chi connectivity index (χ3n) is 3.46. The molecular formula is C28H28Zr. The summed E-state index contributed by atoms with van der Waals surface area (Å²) in [6.07, 6.45) is 0. The van der Waals surface area contributed by atoms with E-state index in [0.29, 0.717) is 0 Å². The maximum absolute atomic E-state index is 3.03. The van der Waals surface area contributed by atoms with Gasteiger partial charge in [0.25, 0.3) is 0 Å². The fourth-order valence-electron chi connectivity index (χ4n) is 1.93. The van der Waals surface area contributed by atoms with Crippen LogP contribution in [0.15, 0.2) is 97.1 Å². The van der Waals surface area contributed by atoms with E-state index in [1.165, 1.54) is 22.3 Å². The van der Waals surface area contributed by atoms with Gasteiger partial charge in [-0.1, -0.05) is 27.7 Å². The monoisotopic (exact) mass is 454 g/mol. The van der Waals surface area contributed by atoms with Gasteiger partial charge in [0, 0.05) is 0 Å². The fourth-order valence-corrected chi connectivity index (χ4v) is 1.93. The van der Waals surface area contributed by atoms with Crippen LogP contribution in [0.1, 0.15) is 22.3 Å². The molecule has 0 radical (unpaired) electrons. The number of rotatable bonds is 0. The maximum atomic E-state index is 3.03. The molecule has 0 fully saturated rings. The Hall–Kier alpha value is -2.24. The second kappa shape index (κ2) is 17.8. The standard InChI is InChI=1S/4C7H7.Zr/c4*1-7-5-3-2-4-6-7;/h4*2-5H,1H3;/q4*-1;+4. The summed E-state index contributed by atoms with van der Waals surface area (Å²) in [6, 6.07) is 43.8. The van der Waals surface area contributed by atoms with Crippen LogP contribution in [-0.4, -0.2) is 0 Å². The molecule has 0 unspecified atom stereocenters. The average Bonchev–Trinajstić information content (AvgIpc) is 2.72. The van der Waals surface area contributed by atoms with Gasteiger partial charge in [-0.15, -0.1) is 0 Å². The van der Waals surface area contributed by atoms with Gasteiger partial charge in [0.1, 0.15) is 0 Å². The van der Waals surface area contributed by atoms with Gasteiger partial charge in [-0.05, 0) is 0 Å². The number of hydrogen-bond acceptors (Lipinski definition) is 0. The molecule has 0 nitrogen and oxygen atoms in total. The third kappa shape index (κ3) is 16.4. The minimum Gasteiger partial charge on any atom is -0.181 e. The van der Waals surface area contributed by atoms with Crippen LogP contribution in [0.25, 0.3) is 0 Å². The normalized spacial score (nSPS) is 8.41. The molecule has 1 heteroatoms. The van der Waals surface area contributed by atoms with Crippen LogP contribution in [0.3, 0.4) is 0 Å². The SMILES string of the molecule is Cc1[c-]cccc1.Cc1[c-]cccc1.Cc1[c-]cccc1.Cc1[c-]cccc1.[Zr+4]. The smallest absolute Gasteiger partial charge is 0.181 e. The summed E-state index contributed by atoms with van der Waals surface area (Å²) >= 11 is 0. The fraction of sp³-hybridized carbons (Fsp3) is 0.143. The quantitative estimate of drug-likeness (QED) is 0.246. The molecule has 0 saturated carbocycles. The Balaban J connectivity index is 0.000000356. The van der Waals surface area contributed by atoms with Crippen LogP contribution < -0.4 is 0 Å². The largest absolute Gasteiger partial charge is 4.00 e. The minimum atomic E-state index is 0. The molecule has 0 bridgehead atoms. The van der Waals surface area contributed by atoms with Crippen molar-refractivity contribution in [3.05, 3.63) is 144 Å². The Morgan fingerprint density at radius 1 is 0.379 bits per heavy atom. The molecule has 4 rings (SSSR count). The van der Waals surface area contributed by atoms with Crippen LogP contribution >= 0.6 is 0 Å². The van der Waals surface area contributed by atoms with Gasteiger partial charge in [-0.25, -0.2) is 0 Å². The number of aryl methyl sites for hydroxylation is 4. The summed E-state index contributed by atoms with van der Waals surface area (Å²) in [5, 5.41) is 0. The number of hydrogen-bond donors (Lipinski definition) is 0. The molecule has 0 spiro atoms. The Bertz CT molecular complexity index is 676. The van der Waals surface area contributed by atoms with E-state index >= 15 is 0 Å². The van der Waals surface area contributed by atoms with Gasteiger partial charge >= 0.3 is 26.2 Å². The van der Waals surface area contributed by atoms with Crippen molar-refractivity contribution < 1.29 is 26.2 Å². The first-order valence-electron chi connectivity index (χ1n) is 9.31. The summed E-state index contributed by atoms with van der Waals surface area (Å²) in [4.78, 5) is 0. The van der Waals surface area contributed by atoms with E-state index in [1.807, 2.05) is 125 Å². The molecule has 0 atom stereocenters. The molecule has 0 amide bonds. The summed E-state index contributed by atoms with van der Waals surface area (Å²) in [5.74, 6) is 0. The molecular weight excluding hydrogens is 428 g/mol. The van der Waals surface area contributed by atoms with Crippen molar-refractivity contribution in [2.45, 2.75) is 27.7 Å². The van der Waals surface area contributed by atoms with Crippen LogP contribution in [0.4, 0.5) is 0 Å². The molecule has 0 N–H and O–H groups in total. The molecule has 0 aliphatic carbocycles. The van der Waals surface area contributed by atoms with E-state index in [4.69, 9.17) is 0 Å². The third-order valence-corrected chi connectivity index (χ3v) is 3.46. The molecule has 144 valence electrons. The van der Waals surface area contributed by atoms with E-state index in [9.17, 15) is 0 Å². The predicted octanol–water partition coefficient (Wildman–Crippen LogP) is 7.18. The second-order valence-electron chi connectivity index (χ2n) is 6.18. The number of benzene rings is 4. The first-order valence-corrected chi connectivity index (χ1v) is 9.31. The zero-order chi connectivity index (χ0) is 20.5. The van der Waals surface area contributed by atoms with Gasteiger partial charge in [-0.3, -0.25) is 0 Å². The molecule has 29 heavy (non-hydrogen) atoms. The Labute approximate surface area is 196 Å². The molecule has 0 aliphatic rings. The average molecular weight is 456 g/mol. The summed E-state index contributed by atoms with van der Waals surface area (Å²) in [7, 11) is 0. The minimum absolute atomic E-state index is 0. The van der Waals surface area contributed by atoms with Gasteiger partial charge in [0.05, 0.1) is 0 Å². The zero-order valence-corrected chi connectivity index (χ0v) is 20.2. The van der Waals surface area contributed by atoms with Crippen molar-refractivity contribution in [3.63, 3.8) is 0 Å². The summed E-state index contributed by atoms with van der Waals surface area (Å²) < 4.78 is 0. The van der Waals surface area contributed by atoms with Crippen molar-refractivity contribution in [1.29, 1.82) is 0 Å². The van der Waals surface area contributed by atoms with Crippen molar-refractivity contribution in [3.8, 4) is 0 Å². The van der Waals surface area contributed by atoms with Gasteiger partial charge < -0.3 is 0 Å². The van der Waals surface area contributed by atoms with Gasteiger partial charge in [0.2, 0.25) is 0 Å². The van der Waals surface area contributed by atoms with Crippen molar-refractivity contribution in [1.82, 2.24) is 0 Å². The maximum Gasteiger partial charge on any atom is 4.00 e. The van der Waals surface area contributed by atoms with Crippen molar-refractivity contribution in [2.24, 2.45) is 0 Å². The first kappa shape index (κ1) is 26.8. The van der Waals surface area contributed by atoms with E-state index in [1.54, 1.807) is 0 Å². The Morgan fingerprint density at radius 3 is 0.655 bits per heavy atom. The molecule has 0 aromatic heterocycles. The second-order valence-corrected chi connectivity index (χ2v) is 6.18. The Kier molecular flexibility index (Phi) is 16.5.